The van der Waals surface area contributed by atoms with Crippen LogP contribution in [0, 0.1) is 12.3 Å². The third kappa shape index (κ3) is 5.50. The number of nitrogens with zero attached hydrogens (tertiary/aromatic N) is 5. The number of rotatable bonds is 10. The van der Waals surface area contributed by atoms with E-state index in [1.54, 1.807) is 10.8 Å². The van der Waals surface area contributed by atoms with Crippen LogP contribution in [-0.2, 0) is 11.3 Å². The van der Waals surface area contributed by atoms with Crippen LogP contribution in [0.3, 0.4) is 0 Å². The van der Waals surface area contributed by atoms with Crippen molar-refractivity contribution in [3.05, 3.63) is 51.4 Å². The molecule has 3 aromatic rings. The maximum Gasteiger partial charge on any atom is 0.267 e. The number of morpholine rings is 1. The summed E-state index contributed by atoms with van der Waals surface area (Å²) in [4.78, 5) is 36.0. The summed E-state index contributed by atoms with van der Waals surface area (Å²) in [7, 11) is 0. The second-order valence-corrected chi connectivity index (χ2v) is 9.19. The van der Waals surface area contributed by atoms with E-state index in [4.69, 9.17) is 15.1 Å². The average Bonchev–Trinajstić information content (AvgIpc) is 2.89. The number of pyridine rings is 2. The zero-order valence-corrected chi connectivity index (χ0v) is 21.5. The summed E-state index contributed by atoms with van der Waals surface area (Å²) >= 11 is 0. The van der Waals surface area contributed by atoms with Gasteiger partial charge in [-0.15, -0.1) is 0 Å². The first kappa shape index (κ1) is 26.0. The van der Waals surface area contributed by atoms with E-state index in [0.717, 1.165) is 57.9 Å². The molecular weight excluding hydrogens is 458 g/mol. The lowest BCUT2D eigenvalue weighted by Gasteiger charge is -2.26. The van der Waals surface area contributed by atoms with Crippen LogP contribution >= 0.6 is 0 Å². The van der Waals surface area contributed by atoms with Gasteiger partial charge in [-0.25, -0.2) is 4.98 Å². The highest BCUT2D eigenvalue weighted by Crippen LogP contribution is 2.13. The summed E-state index contributed by atoms with van der Waals surface area (Å²) in [6.07, 6.45) is 2.50. The fourth-order valence-electron chi connectivity index (χ4n) is 4.69. The molecule has 0 radical (unpaired) electrons. The molecule has 1 saturated heterocycles. The smallest absolute Gasteiger partial charge is 0.267 e. The Bertz CT molecular complexity index is 1340. The van der Waals surface area contributed by atoms with Crippen molar-refractivity contribution in [3.63, 3.8) is 0 Å². The highest BCUT2D eigenvalue weighted by atomic mass is 16.5. The second-order valence-electron chi connectivity index (χ2n) is 9.19. The van der Waals surface area contributed by atoms with Gasteiger partial charge in [-0.05, 0) is 50.7 Å². The molecule has 1 fully saturated rings. The van der Waals surface area contributed by atoms with Gasteiger partial charge in [0.1, 0.15) is 16.8 Å². The SMILES string of the molecule is CCN(CC)CCn1c(=N)c(C(=O)NCCCN2CCOCC2)cc2c(=O)n3cccc(C)c3nc21. The minimum atomic E-state index is -0.339. The van der Waals surface area contributed by atoms with E-state index in [-0.39, 0.29) is 22.5 Å². The summed E-state index contributed by atoms with van der Waals surface area (Å²) in [5.41, 5.74) is 1.91. The van der Waals surface area contributed by atoms with Crippen LogP contribution < -0.4 is 16.4 Å². The van der Waals surface area contributed by atoms with Crippen LogP contribution in [0.5, 0.6) is 0 Å². The van der Waals surface area contributed by atoms with E-state index in [0.29, 0.717) is 36.3 Å². The van der Waals surface area contributed by atoms with E-state index in [9.17, 15) is 9.59 Å². The molecule has 0 aromatic carbocycles. The van der Waals surface area contributed by atoms with Gasteiger partial charge >= 0.3 is 0 Å². The largest absolute Gasteiger partial charge is 0.379 e. The third-order valence-electron chi connectivity index (χ3n) is 6.95. The fraction of sp³-hybridized carbons (Fsp3) is 0.538. The molecule has 194 valence electrons. The normalized spacial score (nSPS) is 14.7. The Labute approximate surface area is 211 Å². The van der Waals surface area contributed by atoms with Crippen molar-refractivity contribution in [2.75, 3.05) is 59.0 Å². The van der Waals surface area contributed by atoms with Gasteiger partial charge in [0, 0.05) is 38.9 Å². The first-order valence-corrected chi connectivity index (χ1v) is 12.8. The van der Waals surface area contributed by atoms with E-state index in [1.165, 1.54) is 10.5 Å². The molecule has 4 heterocycles. The van der Waals surface area contributed by atoms with Crippen molar-refractivity contribution in [3.8, 4) is 0 Å². The van der Waals surface area contributed by atoms with Crippen molar-refractivity contribution in [2.45, 2.75) is 33.7 Å². The number of fused-ring (bicyclic) bond motifs is 2. The predicted molar refractivity (Wildman–Crippen MR) is 140 cm³/mol. The van der Waals surface area contributed by atoms with Crippen molar-refractivity contribution in [2.24, 2.45) is 0 Å². The third-order valence-corrected chi connectivity index (χ3v) is 6.95. The number of carbonyl (C=O) groups is 1. The first-order chi connectivity index (χ1) is 17.4. The Kier molecular flexibility index (Phi) is 8.50. The molecule has 1 amide bonds. The Morgan fingerprint density at radius 3 is 2.67 bits per heavy atom. The molecule has 3 aromatic heterocycles. The molecule has 0 aliphatic carbocycles. The van der Waals surface area contributed by atoms with Gasteiger partial charge in [-0.2, -0.15) is 0 Å². The number of amides is 1. The van der Waals surface area contributed by atoms with Crippen LogP contribution in [0.2, 0.25) is 0 Å². The zero-order chi connectivity index (χ0) is 25.7. The Balaban J connectivity index is 1.67. The van der Waals surface area contributed by atoms with Crippen molar-refractivity contribution < 1.29 is 9.53 Å². The van der Waals surface area contributed by atoms with E-state index < -0.39 is 0 Å². The summed E-state index contributed by atoms with van der Waals surface area (Å²) in [6.45, 7) is 13.7. The molecule has 4 rings (SSSR count). The molecule has 0 bridgehead atoms. The maximum absolute atomic E-state index is 13.5. The van der Waals surface area contributed by atoms with E-state index in [2.05, 4.69) is 29.0 Å². The van der Waals surface area contributed by atoms with Gasteiger partial charge in [-0.3, -0.25) is 24.3 Å². The summed E-state index contributed by atoms with van der Waals surface area (Å²) in [5.74, 6) is -0.339. The molecule has 0 unspecified atom stereocenters. The standard InChI is InChI=1S/C26H37N7O3/c1-4-30(5-2)12-13-32-22(27)20(25(34)28-9-7-10-31-14-16-36-17-15-31)18-21-24(32)29-23-19(3)8-6-11-33(23)26(21)35/h6,8,11,18,27H,4-5,7,9-10,12-17H2,1-3H3,(H,28,34). The fourth-order valence-corrected chi connectivity index (χ4v) is 4.69. The van der Waals surface area contributed by atoms with Crippen molar-refractivity contribution in [1.29, 1.82) is 5.41 Å². The molecule has 10 heteroatoms. The summed E-state index contributed by atoms with van der Waals surface area (Å²) in [5, 5.41) is 12.2. The molecule has 2 N–H and O–H groups in total. The molecular formula is C26H37N7O3. The predicted octanol–water partition coefficient (Wildman–Crippen LogP) is 1.23. The van der Waals surface area contributed by atoms with E-state index >= 15 is 0 Å². The lowest BCUT2D eigenvalue weighted by molar-refractivity contribution is 0.0374. The quantitative estimate of drug-likeness (QED) is 0.324. The number of hydrogen-bond acceptors (Lipinski definition) is 7. The van der Waals surface area contributed by atoms with Gasteiger partial charge < -0.3 is 19.5 Å². The van der Waals surface area contributed by atoms with Crippen LogP contribution in [0.1, 0.15) is 36.2 Å². The highest BCUT2D eigenvalue weighted by Gasteiger charge is 2.18. The first-order valence-electron chi connectivity index (χ1n) is 12.8. The van der Waals surface area contributed by atoms with Gasteiger partial charge in [-0.1, -0.05) is 19.9 Å². The monoisotopic (exact) mass is 495 g/mol. The maximum atomic E-state index is 13.5. The molecule has 10 nitrogen and oxygen atoms in total. The minimum Gasteiger partial charge on any atom is -0.379 e. The van der Waals surface area contributed by atoms with Crippen LogP contribution in [0.15, 0.2) is 29.2 Å². The minimum absolute atomic E-state index is 0.0742. The lowest BCUT2D eigenvalue weighted by Crippen LogP contribution is -2.39. The van der Waals surface area contributed by atoms with Gasteiger partial charge in [0.05, 0.1) is 24.2 Å². The Morgan fingerprint density at radius 2 is 1.94 bits per heavy atom. The zero-order valence-electron chi connectivity index (χ0n) is 21.5. The number of nitrogens with one attached hydrogen (secondary N) is 2. The molecule has 1 aliphatic heterocycles. The van der Waals surface area contributed by atoms with Crippen LogP contribution in [-0.4, -0.2) is 88.7 Å². The highest BCUT2D eigenvalue weighted by molar-refractivity contribution is 5.96. The number of ether oxygens (including phenoxy) is 1. The topological polar surface area (TPSA) is 108 Å². The summed E-state index contributed by atoms with van der Waals surface area (Å²) in [6, 6.07) is 5.26. The Morgan fingerprint density at radius 1 is 1.19 bits per heavy atom. The van der Waals surface area contributed by atoms with Gasteiger partial charge in [0.2, 0.25) is 0 Å². The molecule has 36 heavy (non-hydrogen) atoms. The average molecular weight is 496 g/mol. The van der Waals surface area contributed by atoms with Crippen LogP contribution in [0.25, 0.3) is 16.7 Å². The molecule has 0 spiro atoms. The number of aromatic nitrogens is 3. The van der Waals surface area contributed by atoms with Gasteiger partial charge in [0.15, 0.2) is 0 Å². The number of hydrogen-bond donors (Lipinski definition) is 2. The molecule has 0 atom stereocenters. The number of aryl methyl sites for hydroxylation is 1. The van der Waals surface area contributed by atoms with E-state index in [1.807, 2.05) is 19.1 Å². The van der Waals surface area contributed by atoms with Crippen LogP contribution in [0.4, 0.5) is 0 Å². The van der Waals surface area contributed by atoms with Gasteiger partial charge in [0.25, 0.3) is 11.5 Å². The molecule has 1 aliphatic rings. The van der Waals surface area contributed by atoms with Crippen molar-refractivity contribution in [1.82, 2.24) is 29.1 Å². The Hall–Kier alpha value is -3.08. The second kappa shape index (κ2) is 11.8. The number of carbonyl (C=O) groups excluding carboxylic acids is 1. The van der Waals surface area contributed by atoms with Crippen molar-refractivity contribution >= 4 is 22.6 Å². The molecule has 0 saturated carbocycles. The number of likely N-dealkylation sites (N-methyl/N-ethyl adjacent to an activating group) is 1. The lowest BCUT2D eigenvalue weighted by atomic mass is 10.2. The summed E-state index contributed by atoms with van der Waals surface area (Å²) < 4.78 is 8.61.